The van der Waals surface area contributed by atoms with E-state index in [4.69, 9.17) is 5.73 Å². The van der Waals surface area contributed by atoms with Crippen LogP contribution in [0.25, 0.3) is 0 Å². The topological polar surface area (TPSA) is 78.6 Å². The molecule has 2 N–H and O–H groups in total. The molecule has 2 heterocycles. The van der Waals surface area contributed by atoms with Crippen LogP contribution in [0.15, 0.2) is 12.3 Å². The summed E-state index contributed by atoms with van der Waals surface area (Å²) in [5.41, 5.74) is 5.63. The van der Waals surface area contributed by atoms with Gasteiger partial charge < -0.3 is 20.4 Å². The van der Waals surface area contributed by atoms with E-state index >= 15 is 0 Å². The molecule has 0 radical (unpaired) electrons. The van der Waals surface area contributed by atoms with Gasteiger partial charge in [-0.1, -0.05) is 0 Å². The monoisotopic (exact) mass is 350 g/mol. The highest BCUT2D eigenvalue weighted by Gasteiger charge is 2.23. The first-order valence-corrected chi connectivity index (χ1v) is 6.78. The fraction of sp³-hybridized carbons (Fsp3) is 0.615. The molecule has 1 aromatic rings. The van der Waals surface area contributed by atoms with Crippen LogP contribution in [-0.2, 0) is 4.79 Å². The van der Waals surface area contributed by atoms with Gasteiger partial charge in [-0.15, -0.1) is 24.8 Å². The van der Waals surface area contributed by atoms with E-state index in [9.17, 15) is 4.79 Å². The third-order valence-corrected chi connectivity index (χ3v) is 3.33. The highest BCUT2D eigenvalue weighted by atomic mass is 35.5. The van der Waals surface area contributed by atoms with Crippen molar-refractivity contribution >= 4 is 42.5 Å². The highest BCUT2D eigenvalue weighted by molar-refractivity contribution is 5.85. The van der Waals surface area contributed by atoms with Crippen LogP contribution in [0, 0.1) is 0 Å². The minimum Gasteiger partial charge on any atom is -0.353 e. The van der Waals surface area contributed by atoms with Gasteiger partial charge >= 0.3 is 0 Å². The molecule has 0 aliphatic carbocycles. The molecule has 1 atom stereocenters. The summed E-state index contributed by atoms with van der Waals surface area (Å²) >= 11 is 0. The molecular formula is C13H24Cl2N6O. The average molecular weight is 351 g/mol. The van der Waals surface area contributed by atoms with Crippen LogP contribution in [0.1, 0.15) is 6.92 Å². The number of hydrogen-bond donors (Lipinski definition) is 1. The minimum absolute atomic E-state index is 0. The predicted octanol–water partition coefficient (Wildman–Crippen LogP) is 0.382. The lowest BCUT2D eigenvalue weighted by Gasteiger charge is -2.36. The van der Waals surface area contributed by atoms with Gasteiger partial charge in [-0.3, -0.25) is 4.79 Å². The molecule has 0 saturated carbocycles. The zero-order chi connectivity index (χ0) is 14.7. The van der Waals surface area contributed by atoms with Gasteiger partial charge in [0.2, 0.25) is 11.9 Å². The highest BCUT2D eigenvalue weighted by Crippen LogP contribution is 2.15. The molecule has 1 aliphatic heterocycles. The maximum absolute atomic E-state index is 11.8. The lowest BCUT2D eigenvalue weighted by molar-refractivity contribution is -0.132. The Hall–Kier alpha value is -1.31. The number of carbonyl (C=O) groups is 1. The number of halogens is 2. The average Bonchev–Trinajstić information content (AvgIpc) is 2.46. The molecule has 7 nitrogen and oxygen atoms in total. The van der Waals surface area contributed by atoms with Gasteiger partial charge in [-0.05, 0) is 13.0 Å². The van der Waals surface area contributed by atoms with Crippen molar-refractivity contribution in [3.63, 3.8) is 0 Å². The molecule has 1 aliphatic rings. The normalized spacial score (nSPS) is 15.5. The van der Waals surface area contributed by atoms with E-state index in [0.717, 1.165) is 18.9 Å². The first-order valence-electron chi connectivity index (χ1n) is 6.78. The van der Waals surface area contributed by atoms with Crippen LogP contribution >= 0.6 is 24.8 Å². The summed E-state index contributed by atoms with van der Waals surface area (Å²) in [6.07, 6.45) is 1.76. The van der Waals surface area contributed by atoms with Crippen molar-refractivity contribution in [2.75, 3.05) is 50.1 Å². The maximum Gasteiger partial charge on any atom is 0.239 e. The first-order chi connectivity index (χ1) is 9.49. The van der Waals surface area contributed by atoms with E-state index in [0.29, 0.717) is 19.0 Å². The molecule has 0 unspecified atom stereocenters. The Morgan fingerprint density at radius 3 is 2.36 bits per heavy atom. The predicted molar refractivity (Wildman–Crippen MR) is 93.3 cm³/mol. The zero-order valence-electron chi connectivity index (χ0n) is 13.1. The lowest BCUT2D eigenvalue weighted by atomic mass is 10.2. The molecule has 1 fully saturated rings. The molecule has 1 amide bonds. The maximum atomic E-state index is 11.8. The Bertz CT molecular complexity index is 477. The Morgan fingerprint density at radius 2 is 1.86 bits per heavy atom. The number of nitrogens with zero attached hydrogens (tertiary/aromatic N) is 5. The standard InChI is InChI=1S/C13H22N6O.2ClH/c1-10(14)12(20)19-8-6-18(7-9-19)11-4-5-15-13(16-11)17(2)3;;/h4-5,10H,6-9,14H2,1-3H3;2*1H/t10-;;/m1../s1. The number of hydrogen-bond acceptors (Lipinski definition) is 6. The van der Waals surface area contributed by atoms with Gasteiger partial charge in [-0.2, -0.15) is 4.98 Å². The Labute approximate surface area is 143 Å². The molecule has 1 saturated heterocycles. The van der Waals surface area contributed by atoms with E-state index in [1.807, 2.05) is 30.0 Å². The lowest BCUT2D eigenvalue weighted by Crippen LogP contribution is -2.52. The van der Waals surface area contributed by atoms with Crippen LogP contribution in [0.5, 0.6) is 0 Å². The number of anilines is 2. The summed E-state index contributed by atoms with van der Waals surface area (Å²) in [6.45, 7) is 4.62. The van der Waals surface area contributed by atoms with E-state index in [2.05, 4.69) is 14.9 Å². The summed E-state index contributed by atoms with van der Waals surface area (Å²) in [6, 6.07) is 1.47. The Kier molecular flexibility index (Phi) is 8.44. The van der Waals surface area contributed by atoms with Gasteiger partial charge in [0, 0.05) is 46.5 Å². The molecule has 126 valence electrons. The zero-order valence-corrected chi connectivity index (χ0v) is 14.7. The fourth-order valence-electron chi connectivity index (χ4n) is 2.17. The van der Waals surface area contributed by atoms with Crippen molar-refractivity contribution in [1.29, 1.82) is 0 Å². The molecule has 0 aromatic carbocycles. The third-order valence-electron chi connectivity index (χ3n) is 3.33. The van der Waals surface area contributed by atoms with Crippen molar-refractivity contribution in [2.24, 2.45) is 5.73 Å². The van der Waals surface area contributed by atoms with Gasteiger partial charge in [0.1, 0.15) is 5.82 Å². The number of amides is 1. The quantitative estimate of drug-likeness (QED) is 0.848. The SMILES string of the molecule is C[C@@H](N)C(=O)N1CCN(c2ccnc(N(C)C)n2)CC1.Cl.Cl. The first kappa shape index (κ1) is 20.7. The molecular weight excluding hydrogens is 327 g/mol. The molecule has 9 heteroatoms. The van der Waals surface area contributed by atoms with Crippen LogP contribution in [0.2, 0.25) is 0 Å². The Balaban J connectivity index is 0.00000220. The molecule has 2 rings (SSSR count). The minimum atomic E-state index is -0.430. The second-order valence-electron chi connectivity index (χ2n) is 5.21. The van der Waals surface area contributed by atoms with Gasteiger partial charge in [0.25, 0.3) is 0 Å². The number of aromatic nitrogens is 2. The summed E-state index contributed by atoms with van der Waals surface area (Å²) < 4.78 is 0. The number of nitrogens with two attached hydrogens (primary N) is 1. The van der Waals surface area contributed by atoms with Gasteiger partial charge in [0.15, 0.2) is 0 Å². The molecule has 0 bridgehead atoms. The number of piperazine rings is 1. The van der Waals surface area contributed by atoms with Crippen molar-refractivity contribution < 1.29 is 4.79 Å². The van der Waals surface area contributed by atoms with Gasteiger partial charge in [-0.25, -0.2) is 4.98 Å². The van der Waals surface area contributed by atoms with Crippen LogP contribution in [0.4, 0.5) is 11.8 Å². The van der Waals surface area contributed by atoms with E-state index < -0.39 is 6.04 Å². The summed E-state index contributed by atoms with van der Waals surface area (Å²) in [4.78, 5) is 26.4. The van der Waals surface area contributed by atoms with E-state index in [1.54, 1.807) is 13.1 Å². The molecule has 22 heavy (non-hydrogen) atoms. The summed E-state index contributed by atoms with van der Waals surface area (Å²) in [5.74, 6) is 1.61. The second kappa shape index (κ2) is 8.97. The van der Waals surface area contributed by atoms with Crippen molar-refractivity contribution in [1.82, 2.24) is 14.9 Å². The molecule has 0 spiro atoms. The van der Waals surface area contributed by atoms with Crippen LogP contribution in [-0.4, -0.2) is 67.1 Å². The van der Waals surface area contributed by atoms with E-state index in [-0.39, 0.29) is 30.7 Å². The third kappa shape index (κ3) is 4.86. The van der Waals surface area contributed by atoms with Crippen LogP contribution < -0.4 is 15.5 Å². The van der Waals surface area contributed by atoms with Crippen molar-refractivity contribution in [3.8, 4) is 0 Å². The number of rotatable bonds is 3. The van der Waals surface area contributed by atoms with Crippen molar-refractivity contribution in [3.05, 3.63) is 12.3 Å². The van der Waals surface area contributed by atoms with Gasteiger partial charge in [0.05, 0.1) is 6.04 Å². The molecule has 1 aromatic heterocycles. The largest absolute Gasteiger partial charge is 0.353 e. The van der Waals surface area contributed by atoms with E-state index in [1.165, 1.54) is 0 Å². The van der Waals surface area contributed by atoms with Crippen molar-refractivity contribution in [2.45, 2.75) is 13.0 Å². The smallest absolute Gasteiger partial charge is 0.239 e. The Morgan fingerprint density at radius 1 is 1.27 bits per heavy atom. The fourth-order valence-corrected chi connectivity index (χ4v) is 2.17. The number of carbonyl (C=O) groups excluding carboxylic acids is 1. The summed E-state index contributed by atoms with van der Waals surface area (Å²) in [7, 11) is 3.83. The summed E-state index contributed by atoms with van der Waals surface area (Å²) in [5, 5.41) is 0. The second-order valence-corrected chi connectivity index (χ2v) is 5.21. The van der Waals surface area contributed by atoms with Crippen LogP contribution in [0.3, 0.4) is 0 Å².